The van der Waals surface area contributed by atoms with Crippen molar-refractivity contribution < 1.29 is 4.79 Å². The molecule has 0 saturated carbocycles. The molecule has 0 N–H and O–H groups in total. The summed E-state index contributed by atoms with van der Waals surface area (Å²) in [5, 5.41) is 0. The third-order valence-corrected chi connectivity index (χ3v) is 5.84. The summed E-state index contributed by atoms with van der Waals surface area (Å²) in [5.41, 5.74) is 3.50. The highest BCUT2D eigenvalue weighted by molar-refractivity contribution is 5.93. The Balaban J connectivity index is 1.61. The van der Waals surface area contributed by atoms with Gasteiger partial charge in [0.2, 0.25) is 5.95 Å². The van der Waals surface area contributed by atoms with Crippen LogP contribution >= 0.6 is 0 Å². The summed E-state index contributed by atoms with van der Waals surface area (Å²) in [5.74, 6) is 2.06. The number of hydrogen-bond donors (Lipinski definition) is 0. The number of aryl methyl sites for hydroxylation is 1. The average molecular weight is 407 g/mol. The first-order valence-electron chi connectivity index (χ1n) is 10.6. The van der Waals surface area contributed by atoms with Gasteiger partial charge in [0, 0.05) is 45.8 Å². The van der Waals surface area contributed by atoms with Gasteiger partial charge in [-0.25, -0.2) is 15.0 Å². The number of likely N-dealkylation sites (tertiary alicyclic amines) is 1. The van der Waals surface area contributed by atoms with Crippen molar-refractivity contribution in [1.29, 1.82) is 0 Å². The van der Waals surface area contributed by atoms with Crippen molar-refractivity contribution in [2.75, 3.05) is 32.1 Å². The van der Waals surface area contributed by atoms with Gasteiger partial charge in [-0.15, -0.1) is 0 Å². The molecule has 0 radical (unpaired) electrons. The van der Waals surface area contributed by atoms with E-state index in [-0.39, 0.29) is 17.7 Å². The number of aromatic nitrogens is 4. The second-order valence-corrected chi connectivity index (χ2v) is 8.64. The minimum Gasteiger partial charge on any atom is -0.347 e. The largest absolute Gasteiger partial charge is 0.347 e. The molecule has 7 heteroatoms. The van der Waals surface area contributed by atoms with Gasteiger partial charge >= 0.3 is 0 Å². The Morgan fingerprint density at radius 3 is 2.63 bits per heavy atom. The molecule has 4 rings (SSSR count). The number of imidazole rings is 1. The minimum absolute atomic E-state index is 0.0223. The van der Waals surface area contributed by atoms with E-state index >= 15 is 0 Å². The Labute approximate surface area is 177 Å². The van der Waals surface area contributed by atoms with Gasteiger partial charge in [-0.1, -0.05) is 26.0 Å². The van der Waals surface area contributed by atoms with Crippen LogP contribution in [0.25, 0.3) is 11.0 Å². The molecule has 3 heterocycles. The van der Waals surface area contributed by atoms with E-state index < -0.39 is 0 Å². The topological polar surface area (TPSA) is 67.2 Å². The molecule has 0 aliphatic carbocycles. The van der Waals surface area contributed by atoms with Gasteiger partial charge in [0.25, 0.3) is 5.91 Å². The first-order valence-corrected chi connectivity index (χ1v) is 10.6. The lowest BCUT2D eigenvalue weighted by Crippen LogP contribution is -2.40. The molecule has 1 atom stereocenters. The van der Waals surface area contributed by atoms with Crippen LogP contribution in [-0.4, -0.2) is 57.5 Å². The summed E-state index contributed by atoms with van der Waals surface area (Å²) in [6.45, 7) is 5.57. The van der Waals surface area contributed by atoms with E-state index in [0.717, 1.165) is 41.9 Å². The van der Waals surface area contributed by atoms with Crippen molar-refractivity contribution in [3.63, 3.8) is 0 Å². The van der Waals surface area contributed by atoms with Gasteiger partial charge in [0.05, 0.1) is 11.0 Å². The predicted molar refractivity (Wildman–Crippen MR) is 119 cm³/mol. The Morgan fingerprint density at radius 2 is 1.93 bits per heavy atom. The third kappa shape index (κ3) is 3.76. The van der Waals surface area contributed by atoms with Crippen LogP contribution in [0.1, 0.15) is 60.5 Å². The normalized spacial score (nSPS) is 17.0. The number of hydrogen-bond acceptors (Lipinski definition) is 5. The van der Waals surface area contributed by atoms with Crippen LogP contribution in [0, 0.1) is 0 Å². The van der Waals surface area contributed by atoms with E-state index in [4.69, 9.17) is 4.98 Å². The average Bonchev–Trinajstić information content (AvgIpc) is 3.09. The number of rotatable bonds is 4. The van der Waals surface area contributed by atoms with Gasteiger partial charge < -0.3 is 14.4 Å². The number of para-hydroxylation sites is 2. The molecule has 158 valence electrons. The quantitative estimate of drug-likeness (QED) is 0.663. The summed E-state index contributed by atoms with van der Waals surface area (Å²) in [6, 6.07) is 10.0. The number of piperidine rings is 1. The Morgan fingerprint density at radius 1 is 1.17 bits per heavy atom. The van der Waals surface area contributed by atoms with Gasteiger partial charge in [0.15, 0.2) is 0 Å². The molecule has 30 heavy (non-hydrogen) atoms. The van der Waals surface area contributed by atoms with E-state index in [1.807, 2.05) is 48.2 Å². The van der Waals surface area contributed by atoms with Crippen LogP contribution in [-0.2, 0) is 7.05 Å². The molecule has 1 amide bonds. The summed E-state index contributed by atoms with van der Waals surface area (Å²) >= 11 is 0. The lowest BCUT2D eigenvalue weighted by Gasteiger charge is -2.32. The van der Waals surface area contributed by atoms with Crippen LogP contribution in [0.2, 0.25) is 0 Å². The van der Waals surface area contributed by atoms with E-state index in [2.05, 4.69) is 41.5 Å². The second-order valence-electron chi connectivity index (χ2n) is 8.64. The first-order chi connectivity index (χ1) is 14.3. The SMILES string of the molecule is CC(C)c1cc(C(=O)N2CCCC(c3nc4ccccc4n3C)C2)nc(N(C)C)n1. The predicted octanol–water partition coefficient (Wildman–Crippen LogP) is 3.57. The first kappa shape index (κ1) is 20.3. The monoisotopic (exact) mass is 406 g/mol. The van der Waals surface area contributed by atoms with E-state index in [9.17, 15) is 4.79 Å². The highest BCUT2D eigenvalue weighted by atomic mass is 16.2. The lowest BCUT2D eigenvalue weighted by molar-refractivity contribution is 0.0697. The number of carbonyl (C=O) groups is 1. The molecule has 0 spiro atoms. The zero-order valence-corrected chi connectivity index (χ0v) is 18.5. The van der Waals surface area contributed by atoms with Gasteiger partial charge in [-0.2, -0.15) is 0 Å². The molecule has 1 aliphatic rings. The number of amides is 1. The van der Waals surface area contributed by atoms with Gasteiger partial charge in [-0.05, 0) is 37.0 Å². The van der Waals surface area contributed by atoms with Gasteiger partial charge in [0.1, 0.15) is 11.5 Å². The molecule has 0 bridgehead atoms. The molecule has 1 saturated heterocycles. The van der Waals surface area contributed by atoms with E-state index in [1.165, 1.54) is 0 Å². The summed E-state index contributed by atoms with van der Waals surface area (Å²) in [4.78, 5) is 31.2. The number of anilines is 1. The van der Waals surface area contributed by atoms with E-state index in [0.29, 0.717) is 18.2 Å². The molecule has 2 aromatic heterocycles. The smallest absolute Gasteiger partial charge is 0.272 e. The Bertz CT molecular complexity index is 1040. The van der Waals surface area contributed by atoms with Crippen molar-refractivity contribution in [3.8, 4) is 0 Å². The molecule has 1 aromatic carbocycles. The van der Waals surface area contributed by atoms with Crippen LogP contribution < -0.4 is 4.90 Å². The molecular formula is C23H30N6O. The molecule has 1 aliphatic heterocycles. The third-order valence-electron chi connectivity index (χ3n) is 5.84. The van der Waals surface area contributed by atoms with E-state index in [1.54, 1.807) is 0 Å². The highest BCUT2D eigenvalue weighted by Crippen LogP contribution is 2.29. The van der Waals surface area contributed by atoms with Crippen LogP contribution in [0.5, 0.6) is 0 Å². The fourth-order valence-corrected chi connectivity index (χ4v) is 4.12. The van der Waals surface area contributed by atoms with Crippen molar-refractivity contribution in [3.05, 3.63) is 47.5 Å². The Kier molecular flexibility index (Phi) is 5.45. The number of fused-ring (bicyclic) bond motifs is 1. The molecule has 7 nitrogen and oxygen atoms in total. The Hall–Kier alpha value is -2.96. The zero-order valence-electron chi connectivity index (χ0n) is 18.5. The molecule has 1 fully saturated rings. The highest BCUT2D eigenvalue weighted by Gasteiger charge is 2.29. The van der Waals surface area contributed by atoms with Crippen LogP contribution in [0.15, 0.2) is 30.3 Å². The van der Waals surface area contributed by atoms with Gasteiger partial charge in [-0.3, -0.25) is 4.79 Å². The molecule has 3 aromatic rings. The fourth-order valence-electron chi connectivity index (χ4n) is 4.12. The standard InChI is InChI=1S/C23H30N6O/c1-15(2)18-13-19(26-23(25-18)27(3)4)22(30)29-12-8-9-16(14-29)21-24-17-10-6-7-11-20(17)28(21)5/h6-7,10-11,13,15-16H,8-9,12,14H2,1-5H3. The zero-order chi connectivity index (χ0) is 21.4. The van der Waals surface area contributed by atoms with Crippen LogP contribution in [0.3, 0.4) is 0 Å². The number of carbonyl (C=O) groups excluding carboxylic acids is 1. The summed E-state index contributed by atoms with van der Waals surface area (Å²) < 4.78 is 2.17. The summed E-state index contributed by atoms with van der Waals surface area (Å²) in [6.07, 6.45) is 1.99. The lowest BCUT2D eigenvalue weighted by atomic mass is 9.96. The van der Waals surface area contributed by atoms with Crippen molar-refractivity contribution >= 4 is 22.9 Å². The maximum atomic E-state index is 13.4. The maximum absolute atomic E-state index is 13.4. The minimum atomic E-state index is -0.0223. The van der Waals surface area contributed by atoms with Crippen molar-refractivity contribution in [2.24, 2.45) is 7.05 Å². The van der Waals surface area contributed by atoms with Crippen LogP contribution in [0.4, 0.5) is 5.95 Å². The van der Waals surface area contributed by atoms with Crippen molar-refractivity contribution in [2.45, 2.75) is 38.5 Å². The molecule has 1 unspecified atom stereocenters. The summed E-state index contributed by atoms with van der Waals surface area (Å²) in [7, 11) is 5.86. The second kappa shape index (κ2) is 8.05. The maximum Gasteiger partial charge on any atom is 0.272 e. The fraction of sp³-hybridized carbons (Fsp3) is 0.478. The molecular weight excluding hydrogens is 376 g/mol. The van der Waals surface area contributed by atoms with Crippen molar-refractivity contribution in [1.82, 2.24) is 24.4 Å². The number of benzene rings is 1. The number of nitrogens with zero attached hydrogens (tertiary/aromatic N) is 6.